The van der Waals surface area contributed by atoms with Crippen molar-refractivity contribution in [1.29, 1.82) is 5.26 Å². The maximum absolute atomic E-state index is 10.4. The molecule has 0 aliphatic carbocycles. The molecule has 6 heteroatoms. The summed E-state index contributed by atoms with van der Waals surface area (Å²) in [6.45, 7) is 0. The van der Waals surface area contributed by atoms with E-state index in [2.05, 4.69) is 37.2 Å². The third kappa shape index (κ3) is 2.47. The van der Waals surface area contributed by atoms with Gasteiger partial charge in [0.2, 0.25) is 0 Å². The van der Waals surface area contributed by atoms with Crippen molar-refractivity contribution in [2.24, 2.45) is 0 Å². The van der Waals surface area contributed by atoms with Crippen LogP contribution in [0.25, 0.3) is 0 Å². The Morgan fingerprint density at radius 1 is 1.50 bits per heavy atom. The van der Waals surface area contributed by atoms with Crippen LogP contribution >= 0.6 is 31.9 Å². The van der Waals surface area contributed by atoms with Crippen molar-refractivity contribution in [2.75, 3.05) is 5.32 Å². The monoisotopic (exact) mass is 318 g/mol. The average molecular weight is 320 g/mol. The first-order valence-corrected chi connectivity index (χ1v) is 5.02. The molecule has 1 aromatic carbocycles. The Morgan fingerprint density at radius 3 is 2.64 bits per heavy atom. The lowest BCUT2D eigenvalue weighted by Crippen LogP contribution is -2.09. The Balaban J connectivity index is 3.27. The maximum atomic E-state index is 10.4. The molecule has 0 aliphatic heterocycles. The second-order valence-corrected chi connectivity index (χ2v) is 4.12. The molecule has 0 atom stereocenters. The van der Waals surface area contributed by atoms with Crippen LogP contribution in [0, 0.1) is 11.3 Å². The summed E-state index contributed by atoms with van der Waals surface area (Å²) in [5.41, 5.74) is 0.511. The molecule has 4 nitrogen and oxygen atoms in total. The van der Waals surface area contributed by atoms with Gasteiger partial charge in [-0.3, -0.25) is 5.32 Å². The van der Waals surface area contributed by atoms with E-state index in [0.29, 0.717) is 8.95 Å². The van der Waals surface area contributed by atoms with Gasteiger partial charge in [-0.05, 0) is 28.1 Å². The predicted octanol–water partition coefficient (Wildman–Crippen LogP) is 3.17. The molecule has 0 saturated heterocycles. The van der Waals surface area contributed by atoms with Gasteiger partial charge in [0.05, 0.1) is 11.3 Å². The lowest BCUT2D eigenvalue weighted by Gasteiger charge is -2.06. The number of carboxylic acid groups (broad SMARTS) is 1. The molecular weight excluding hydrogens is 316 g/mol. The molecule has 0 heterocycles. The predicted molar refractivity (Wildman–Crippen MR) is 58.2 cm³/mol. The van der Waals surface area contributed by atoms with E-state index in [4.69, 9.17) is 10.4 Å². The Labute approximate surface area is 96.8 Å². The second-order valence-electron chi connectivity index (χ2n) is 2.35. The number of halogens is 2. The summed E-state index contributed by atoms with van der Waals surface area (Å²) in [6, 6.07) is 5.09. The summed E-state index contributed by atoms with van der Waals surface area (Å²) in [5, 5.41) is 19.4. The van der Waals surface area contributed by atoms with Crippen LogP contribution in [0.1, 0.15) is 5.56 Å². The van der Waals surface area contributed by atoms with E-state index in [1.807, 2.05) is 6.07 Å². The van der Waals surface area contributed by atoms with Crippen LogP contribution in [0.5, 0.6) is 0 Å². The molecule has 0 bridgehead atoms. The summed E-state index contributed by atoms with van der Waals surface area (Å²) in [5.74, 6) is 0. The Morgan fingerprint density at radius 2 is 2.14 bits per heavy atom. The molecule has 0 aliphatic rings. The highest BCUT2D eigenvalue weighted by atomic mass is 79.9. The fourth-order valence-electron chi connectivity index (χ4n) is 0.896. The van der Waals surface area contributed by atoms with Crippen molar-refractivity contribution in [3.8, 4) is 6.07 Å². The number of rotatable bonds is 1. The summed E-state index contributed by atoms with van der Waals surface area (Å²) in [6.07, 6.45) is -1.20. The van der Waals surface area contributed by atoms with Gasteiger partial charge in [0.1, 0.15) is 6.07 Å². The van der Waals surface area contributed by atoms with E-state index in [9.17, 15) is 4.79 Å². The number of nitriles is 1. The largest absolute Gasteiger partial charge is 0.465 e. The smallest absolute Gasteiger partial charge is 0.409 e. The molecule has 0 radical (unpaired) electrons. The lowest BCUT2D eigenvalue weighted by molar-refractivity contribution is 0.209. The minimum Gasteiger partial charge on any atom is -0.465 e. The summed E-state index contributed by atoms with van der Waals surface area (Å²) >= 11 is 6.36. The number of hydrogen-bond acceptors (Lipinski definition) is 2. The Hall–Kier alpha value is -1.06. The van der Waals surface area contributed by atoms with Crippen molar-refractivity contribution in [2.45, 2.75) is 0 Å². The molecule has 1 aromatic rings. The molecule has 72 valence electrons. The SMILES string of the molecule is N#Cc1cc(Br)cc(Br)c1NC(=O)O. The zero-order valence-corrected chi connectivity index (χ0v) is 9.89. The Bertz CT molecular complexity index is 426. The zero-order chi connectivity index (χ0) is 10.7. The second kappa shape index (κ2) is 4.44. The van der Waals surface area contributed by atoms with Gasteiger partial charge >= 0.3 is 6.09 Å². The number of hydrogen-bond donors (Lipinski definition) is 2. The summed E-state index contributed by atoms with van der Waals surface area (Å²) < 4.78 is 1.22. The number of benzene rings is 1. The van der Waals surface area contributed by atoms with Crippen molar-refractivity contribution < 1.29 is 9.90 Å². The molecule has 0 aromatic heterocycles. The van der Waals surface area contributed by atoms with Crippen LogP contribution in [-0.2, 0) is 0 Å². The molecule has 1 amide bonds. The van der Waals surface area contributed by atoms with Gasteiger partial charge in [-0.2, -0.15) is 5.26 Å². The van der Waals surface area contributed by atoms with Crippen LogP contribution in [0.4, 0.5) is 10.5 Å². The topological polar surface area (TPSA) is 73.1 Å². The van der Waals surface area contributed by atoms with Crippen LogP contribution < -0.4 is 5.32 Å². The number of nitrogens with zero attached hydrogens (tertiary/aromatic N) is 1. The highest BCUT2D eigenvalue weighted by molar-refractivity contribution is 9.11. The number of nitrogens with one attached hydrogen (secondary N) is 1. The number of carbonyl (C=O) groups is 1. The van der Waals surface area contributed by atoms with Crippen molar-refractivity contribution in [3.05, 3.63) is 26.6 Å². The third-order valence-electron chi connectivity index (χ3n) is 1.41. The first-order chi connectivity index (χ1) is 6.54. The molecule has 1 rings (SSSR count). The fourth-order valence-corrected chi connectivity index (χ4v) is 2.22. The number of amides is 1. The van der Waals surface area contributed by atoms with Gasteiger partial charge in [-0.25, -0.2) is 4.79 Å². The molecular formula is C8H4Br2N2O2. The lowest BCUT2D eigenvalue weighted by atomic mass is 10.2. The highest BCUT2D eigenvalue weighted by Crippen LogP contribution is 2.30. The van der Waals surface area contributed by atoms with Crippen molar-refractivity contribution in [1.82, 2.24) is 0 Å². The summed E-state index contributed by atoms with van der Waals surface area (Å²) in [4.78, 5) is 10.4. The number of anilines is 1. The van der Waals surface area contributed by atoms with E-state index >= 15 is 0 Å². The van der Waals surface area contributed by atoms with E-state index < -0.39 is 6.09 Å². The van der Waals surface area contributed by atoms with E-state index in [1.54, 1.807) is 6.07 Å². The van der Waals surface area contributed by atoms with Crippen LogP contribution in [0.15, 0.2) is 21.1 Å². The normalized spacial score (nSPS) is 9.21. The molecule has 14 heavy (non-hydrogen) atoms. The van der Waals surface area contributed by atoms with Crippen LogP contribution in [0.2, 0.25) is 0 Å². The minimum absolute atomic E-state index is 0.253. The minimum atomic E-state index is -1.20. The van der Waals surface area contributed by atoms with Gasteiger partial charge in [0.25, 0.3) is 0 Å². The summed E-state index contributed by atoms with van der Waals surface area (Å²) in [7, 11) is 0. The van der Waals surface area contributed by atoms with E-state index in [1.165, 1.54) is 6.07 Å². The average Bonchev–Trinajstić information content (AvgIpc) is 2.08. The molecule has 0 saturated carbocycles. The molecule has 2 N–H and O–H groups in total. The van der Waals surface area contributed by atoms with Crippen LogP contribution in [0.3, 0.4) is 0 Å². The fraction of sp³-hybridized carbons (Fsp3) is 0. The first kappa shape index (κ1) is 11.0. The van der Waals surface area contributed by atoms with Gasteiger partial charge in [0.15, 0.2) is 0 Å². The molecule has 0 fully saturated rings. The van der Waals surface area contributed by atoms with Gasteiger partial charge in [-0.15, -0.1) is 0 Å². The molecule has 0 spiro atoms. The maximum Gasteiger partial charge on any atom is 0.409 e. The van der Waals surface area contributed by atoms with E-state index in [0.717, 1.165) is 0 Å². The van der Waals surface area contributed by atoms with Crippen LogP contribution in [-0.4, -0.2) is 11.2 Å². The Kier molecular flexibility index (Phi) is 3.49. The zero-order valence-electron chi connectivity index (χ0n) is 6.71. The molecule has 0 unspecified atom stereocenters. The van der Waals surface area contributed by atoms with E-state index in [-0.39, 0.29) is 11.3 Å². The van der Waals surface area contributed by atoms with Crippen molar-refractivity contribution >= 4 is 43.6 Å². The van der Waals surface area contributed by atoms with Gasteiger partial charge in [0, 0.05) is 8.95 Å². The standard InChI is InChI=1S/C8H4Br2N2O2/c9-5-1-4(3-11)7(6(10)2-5)12-8(13)14/h1-2,12H,(H,13,14). The van der Waals surface area contributed by atoms with Gasteiger partial charge < -0.3 is 5.11 Å². The highest BCUT2D eigenvalue weighted by Gasteiger charge is 2.10. The first-order valence-electron chi connectivity index (χ1n) is 3.43. The van der Waals surface area contributed by atoms with Crippen molar-refractivity contribution in [3.63, 3.8) is 0 Å². The quantitative estimate of drug-likeness (QED) is 0.835. The third-order valence-corrected chi connectivity index (χ3v) is 2.49. The van der Waals surface area contributed by atoms with Gasteiger partial charge in [-0.1, -0.05) is 15.9 Å².